The van der Waals surface area contributed by atoms with Gasteiger partial charge in [0.25, 0.3) is 0 Å². The van der Waals surface area contributed by atoms with Crippen LogP contribution in [0.25, 0.3) is 0 Å². The van der Waals surface area contributed by atoms with Crippen LogP contribution in [-0.2, 0) is 22.4 Å². The number of amides is 1. The van der Waals surface area contributed by atoms with Crippen molar-refractivity contribution in [2.24, 2.45) is 0 Å². The second kappa shape index (κ2) is 7.23. The average molecular weight is 271 g/mol. The third kappa shape index (κ3) is 4.35. The molecule has 104 valence electrons. The van der Waals surface area contributed by atoms with Gasteiger partial charge in [-0.25, -0.2) is 4.98 Å². The molecule has 20 heavy (non-hydrogen) atoms. The van der Waals surface area contributed by atoms with Crippen molar-refractivity contribution in [2.75, 3.05) is 0 Å². The van der Waals surface area contributed by atoms with Gasteiger partial charge < -0.3 is 15.1 Å². The Kier molecular flexibility index (Phi) is 5.06. The number of aromatic amines is 1. The molecule has 5 heteroatoms. The minimum absolute atomic E-state index is 0.120. The predicted octanol–water partition coefficient (Wildman–Crippen LogP) is 1.27. The molecule has 0 radical (unpaired) electrons. The zero-order valence-corrected chi connectivity index (χ0v) is 11.1. The van der Waals surface area contributed by atoms with Crippen LogP contribution < -0.4 is 5.32 Å². The Bertz CT molecular complexity index is 538. The number of H-pyrrole nitrogens is 1. The summed E-state index contributed by atoms with van der Waals surface area (Å²) in [5.41, 5.74) is 1.93. The van der Waals surface area contributed by atoms with Gasteiger partial charge >= 0.3 is 0 Å². The lowest BCUT2D eigenvalue weighted by atomic mass is 10.1. The van der Waals surface area contributed by atoms with Crippen molar-refractivity contribution in [3.05, 3.63) is 54.1 Å². The van der Waals surface area contributed by atoms with E-state index < -0.39 is 6.04 Å². The number of carbonyl (C=O) groups excluding carboxylic acids is 2. The van der Waals surface area contributed by atoms with Gasteiger partial charge in [-0.3, -0.25) is 4.79 Å². The molecule has 0 spiro atoms. The minimum Gasteiger partial charge on any atom is -0.348 e. The number of benzene rings is 1. The molecule has 1 amide bonds. The molecule has 0 aliphatic rings. The van der Waals surface area contributed by atoms with E-state index in [-0.39, 0.29) is 5.91 Å². The fraction of sp³-hybridized carbons (Fsp3) is 0.267. The van der Waals surface area contributed by atoms with E-state index in [2.05, 4.69) is 15.3 Å². The van der Waals surface area contributed by atoms with Crippen LogP contribution in [-0.4, -0.2) is 28.2 Å². The Morgan fingerprint density at radius 1 is 1.35 bits per heavy atom. The molecule has 0 aliphatic heterocycles. The number of hydrogen-bond acceptors (Lipinski definition) is 3. The van der Waals surface area contributed by atoms with Crippen molar-refractivity contribution >= 4 is 12.2 Å². The summed E-state index contributed by atoms with van der Waals surface area (Å²) in [6, 6.07) is 9.28. The highest BCUT2D eigenvalue weighted by Crippen LogP contribution is 2.03. The van der Waals surface area contributed by atoms with E-state index in [9.17, 15) is 9.59 Å². The number of aldehydes is 1. The molecule has 0 bridgehead atoms. The lowest BCUT2D eigenvalue weighted by Crippen LogP contribution is -2.37. The summed E-state index contributed by atoms with van der Waals surface area (Å²) in [7, 11) is 0. The quantitative estimate of drug-likeness (QED) is 0.745. The van der Waals surface area contributed by atoms with E-state index in [0.29, 0.717) is 19.3 Å². The van der Waals surface area contributed by atoms with E-state index in [4.69, 9.17) is 0 Å². The number of nitrogens with one attached hydrogen (secondary N) is 2. The number of rotatable bonds is 7. The number of aryl methyl sites for hydroxylation is 1. The van der Waals surface area contributed by atoms with Crippen LogP contribution in [0.3, 0.4) is 0 Å². The maximum atomic E-state index is 11.8. The molecule has 5 nitrogen and oxygen atoms in total. The topological polar surface area (TPSA) is 74.8 Å². The molecule has 0 saturated carbocycles. The molecule has 2 aromatic rings. The number of aromatic nitrogens is 2. The fourth-order valence-corrected chi connectivity index (χ4v) is 1.95. The van der Waals surface area contributed by atoms with Gasteiger partial charge in [-0.2, -0.15) is 0 Å². The number of imidazole rings is 1. The smallest absolute Gasteiger partial charge is 0.220 e. The highest BCUT2D eigenvalue weighted by atomic mass is 16.2. The summed E-state index contributed by atoms with van der Waals surface area (Å²) in [5, 5.41) is 2.72. The molecule has 2 N–H and O–H groups in total. The summed E-state index contributed by atoms with van der Waals surface area (Å²) >= 11 is 0. The Morgan fingerprint density at radius 3 is 2.80 bits per heavy atom. The lowest BCUT2D eigenvalue weighted by molar-refractivity contribution is -0.124. The van der Waals surface area contributed by atoms with Gasteiger partial charge in [0, 0.05) is 24.7 Å². The van der Waals surface area contributed by atoms with E-state index in [1.807, 2.05) is 30.3 Å². The third-order valence-corrected chi connectivity index (χ3v) is 2.99. The minimum atomic E-state index is -0.515. The van der Waals surface area contributed by atoms with Gasteiger partial charge in [-0.05, 0) is 12.0 Å². The summed E-state index contributed by atoms with van der Waals surface area (Å²) < 4.78 is 0. The van der Waals surface area contributed by atoms with E-state index in [1.165, 1.54) is 0 Å². The first-order valence-corrected chi connectivity index (χ1v) is 6.54. The highest BCUT2D eigenvalue weighted by molar-refractivity contribution is 5.79. The summed E-state index contributed by atoms with van der Waals surface area (Å²) in [6.45, 7) is 0. The van der Waals surface area contributed by atoms with Gasteiger partial charge in [0.1, 0.15) is 6.29 Å². The SMILES string of the molecule is O=C[C@H](Cc1cnc[nH]1)NC(=O)CCc1ccccc1. The zero-order chi connectivity index (χ0) is 14.2. The van der Waals surface area contributed by atoms with Crippen molar-refractivity contribution in [2.45, 2.75) is 25.3 Å². The maximum Gasteiger partial charge on any atom is 0.220 e. The van der Waals surface area contributed by atoms with Crippen LogP contribution in [0.1, 0.15) is 17.7 Å². The second-order valence-corrected chi connectivity index (χ2v) is 4.58. The van der Waals surface area contributed by atoms with Crippen LogP contribution in [0.15, 0.2) is 42.9 Å². The van der Waals surface area contributed by atoms with Crippen LogP contribution in [0.4, 0.5) is 0 Å². The van der Waals surface area contributed by atoms with Gasteiger partial charge in [0.15, 0.2) is 0 Å². The molecule has 0 unspecified atom stereocenters. The third-order valence-electron chi connectivity index (χ3n) is 2.99. The van der Waals surface area contributed by atoms with Crippen LogP contribution in [0, 0.1) is 0 Å². The van der Waals surface area contributed by atoms with Crippen LogP contribution in [0.5, 0.6) is 0 Å². The zero-order valence-electron chi connectivity index (χ0n) is 11.1. The maximum absolute atomic E-state index is 11.8. The Labute approximate surface area is 117 Å². The highest BCUT2D eigenvalue weighted by Gasteiger charge is 2.12. The first-order chi connectivity index (χ1) is 9.78. The molecular weight excluding hydrogens is 254 g/mol. The van der Waals surface area contributed by atoms with Crippen molar-refractivity contribution in [1.82, 2.24) is 15.3 Å². The monoisotopic (exact) mass is 271 g/mol. The first kappa shape index (κ1) is 14.0. The first-order valence-electron chi connectivity index (χ1n) is 6.54. The summed E-state index contributed by atoms with van der Waals surface area (Å²) in [4.78, 5) is 29.6. The van der Waals surface area contributed by atoms with Gasteiger partial charge in [0.05, 0.1) is 12.4 Å². The van der Waals surface area contributed by atoms with Gasteiger partial charge in [-0.15, -0.1) is 0 Å². The molecule has 0 fully saturated rings. The molecular formula is C15H17N3O2. The molecule has 1 heterocycles. The van der Waals surface area contributed by atoms with Crippen molar-refractivity contribution < 1.29 is 9.59 Å². The second-order valence-electron chi connectivity index (χ2n) is 4.58. The molecule has 1 aromatic heterocycles. The van der Waals surface area contributed by atoms with Crippen LogP contribution in [0.2, 0.25) is 0 Å². The standard InChI is InChI=1S/C15H17N3O2/c19-10-14(8-13-9-16-11-17-13)18-15(20)7-6-12-4-2-1-3-5-12/h1-5,9-11,14H,6-8H2,(H,16,17)(H,18,20)/t14-/m0/s1. The number of hydrogen-bond donors (Lipinski definition) is 2. The Balaban J connectivity index is 1.79. The Morgan fingerprint density at radius 2 is 2.15 bits per heavy atom. The largest absolute Gasteiger partial charge is 0.348 e. The summed E-state index contributed by atoms with van der Waals surface area (Å²) in [6.07, 6.45) is 5.42. The molecule has 0 aliphatic carbocycles. The van der Waals surface area contributed by atoms with E-state index >= 15 is 0 Å². The van der Waals surface area contributed by atoms with E-state index in [1.54, 1.807) is 12.5 Å². The van der Waals surface area contributed by atoms with Crippen molar-refractivity contribution in [1.29, 1.82) is 0 Å². The Hall–Kier alpha value is -2.43. The molecule has 2 rings (SSSR count). The average Bonchev–Trinajstić information content (AvgIpc) is 2.98. The molecule has 1 atom stereocenters. The van der Waals surface area contributed by atoms with Gasteiger partial charge in [-0.1, -0.05) is 30.3 Å². The molecule has 0 saturated heterocycles. The predicted molar refractivity (Wildman–Crippen MR) is 75.0 cm³/mol. The van der Waals surface area contributed by atoms with Gasteiger partial charge in [0.2, 0.25) is 5.91 Å². The van der Waals surface area contributed by atoms with E-state index in [0.717, 1.165) is 17.5 Å². The normalized spacial score (nSPS) is 11.8. The fourth-order valence-electron chi connectivity index (χ4n) is 1.95. The number of carbonyl (C=O) groups is 2. The van der Waals surface area contributed by atoms with Crippen molar-refractivity contribution in [3.63, 3.8) is 0 Å². The van der Waals surface area contributed by atoms with Crippen molar-refractivity contribution in [3.8, 4) is 0 Å². The van der Waals surface area contributed by atoms with Crippen LogP contribution >= 0.6 is 0 Å². The lowest BCUT2D eigenvalue weighted by Gasteiger charge is -2.11. The molecule has 1 aromatic carbocycles. The summed E-state index contributed by atoms with van der Waals surface area (Å²) in [5.74, 6) is -0.120. The number of nitrogens with zero attached hydrogens (tertiary/aromatic N) is 1.